The van der Waals surface area contributed by atoms with Gasteiger partial charge in [0.25, 0.3) is 5.69 Å². The number of benzene rings is 1. The van der Waals surface area contributed by atoms with Crippen molar-refractivity contribution in [1.82, 2.24) is 0 Å². The molecule has 6 heteroatoms. The average Bonchev–Trinajstić information content (AvgIpc) is 2.36. The number of hydrogen-bond donors (Lipinski definition) is 2. The molecule has 0 radical (unpaired) electrons. The van der Waals surface area contributed by atoms with E-state index in [2.05, 4.69) is 5.32 Å². The number of non-ortho nitro benzene ring substituents is 1. The van der Waals surface area contributed by atoms with E-state index in [4.69, 9.17) is 4.74 Å². The summed E-state index contributed by atoms with van der Waals surface area (Å²) in [5.74, 6) is 0.414. The van der Waals surface area contributed by atoms with Crippen molar-refractivity contribution in [2.45, 2.75) is 25.9 Å². The lowest BCUT2D eigenvalue weighted by Crippen LogP contribution is -2.19. The minimum Gasteiger partial charge on any atom is -0.496 e. The summed E-state index contributed by atoms with van der Waals surface area (Å²) in [6, 6.07) is 4.43. The third-order valence-corrected chi connectivity index (χ3v) is 2.50. The maximum atomic E-state index is 10.7. The molecule has 100 valence electrons. The molecule has 1 unspecified atom stereocenters. The lowest BCUT2D eigenvalue weighted by atomic mass is 10.2. The molecule has 0 aliphatic heterocycles. The van der Waals surface area contributed by atoms with Gasteiger partial charge in [-0.05, 0) is 6.42 Å². The van der Waals surface area contributed by atoms with Gasteiger partial charge in [-0.15, -0.1) is 0 Å². The molecule has 0 fully saturated rings. The predicted molar refractivity (Wildman–Crippen MR) is 69.1 cm³/mol. The molecule has 0 heterocycles. The van der Waals surface area contributed by atoms with E-state index >= 15 is 0 Å². The van der Waals surface area contributed by atoms with Gasteiger partial charge in [0.2, 0.25) is 0 Å². The van der Waals surface area contributed by atoms with E-state index in [9.17, 15) is 15.2 Å². The van der Waals surface area contributed by atoms with Crippen molar-refractivity contribution in [3.8, 4) is 5.75 Å². The molecule has 18 heavy (non-hydrogen) atoms. The fourth-order valence-corrected chi connectivity index (χ4v) is 1.58. The Kier molecular flexibility index (Phi) is 5.38. The second-order valence-corrected chi connectivity index (χ2v) is 4.00. The van der Waals surface area contributed by atoms with Crippen LogP contribution in [-0.4, -0.2) is 29.8 Å². The van der Waals surface area contributed by atoms with Crippen molar-refractivity contribution in [3.05, 3.63) is 28.3 Å². The Morgan fingerprint density at radius 2 is 2.22 bits per heavy atom. The zero-order chi connectivity index (χ0) is 13.5. The van der Waals surface area contributed by atoms with Gasteiger partial charge < -0.3 is 15.2 Å². The van der Waals surface area contributed by atoms with E-state index in [1.165, 1.54) is 19.2 Å². The molecule has 0 spiro atoms. The first kappa shape index (κ1) is 14.2. The number of nitrogens with one attached hydrogen (secondary N) is 1. The fraction of sp³-hybridized carbons (Fsp3) is 0.500. The molecular weight excluding hydrogens is 236 g/mol. The topological polar surface area (TPSA) is 84.6 Å². The van der Waals surface area contributed by atoms with Crippen LogP contribution in [0.4, 0.5) is 11.4 Å². The Hall–Kier alpha value is -1.82. The Balaban J connectivity index is 2.75. The lowest BCUT2D eigenvalue weighted by molar-refractivity contribution is -0.384. The van der Waals surface area contributed by atoms with Crippen LogP contribution in [0, 0.1) is 10.1 Å². The number of anilines is 1. The van der Waals surface area contributed by atoms with Crippen LogP contribution in [0.2, 0.25) is 0 Å². The summed E-state index contributed by atoms with van der Waals surface area (Å²) in [6.45, 7) is 2.35. The molecular formula is C12H18N2O4. The molecule has 1 aromatic rings. The van der Waals surface area contributed by atoms with E-state index in [0.717, 1.165) is 6.42 Å². The van der Waals surface area contributed by atoms with Crippen molar-refractivity contribution in [1.29, 1.82) is 0 Å². The number of ether oxygens (including phenoxy) is 1. The molecule has 0 saturated heterocycles. The zero-order valence-corrected chi connectivity index (χ0v) is 10.5. The third-order valence-electron chi connectivity index (χ3n) is 2.50. The Bertz CT molecular complexity index is 409. The summed E-state index contributed by atoms with van der Waals surface area (Å²) in [5.41, 5.74) is 0.526. The summed E-state index contributed by atoms with van der Waals surface area (Å²) < 4.78 is 4.99. The van der Waals surface area contributed by atoms with Gasteiger partial charge in [0.1, 0.15) is 5.75 Å². The molecule has 6 nitrogen and oxygen atoms in total. The van der Waals surface area contributed by atoms with Crippen molar-refractivity contribution in [2.75, 3.05) is 19.0 Å². The zero-order valence-electron chi connectivity index (χ0n) is 10.5. The summed E-state index contributed by atoms with van der Waals surface area (Å²) in [6.07, 6.45) is 1.13. The minimum atomic E-state index is -0.476. The molecule has 0 aromatic heterocycles. The first-order chi connectivity index (χ1) is 8.56. The highest BCUT2D eigenvalue weighted by Gasteiger charge is 2.11. The van der Waals surface area contributed by atoms with Crippen LogP contribution < -0.4 is 10.1 Å². The third kappa shape index (κ3) is 4.21. The quantitative estimate of drug-likeness (QED) is 0.575. The highest BCUT2D eigenvalue weighted by molar-refractivity contribution is 5.56. The van der Waals surface area contributed by atoms with Gasteiger partial charge in [-0.25, -0.2) is 0 Å². The molecule has 1 atom stereocenters. The first-order valence-corrected chi connectivity index (χ1v) is 5.82. The smallest absolute Gasteiger partial charge is 0.275 e. The van der Waals surface area contributed by atoms with Crippen LogP contribution >= 0.6 is 0 Å². The maximum absolute atomic E-state index is 10.7. The van der Waals surface area contributed by atoms with Gasteiger partial charge in [-0.1, -0.05) is 13.3 Å². The fourth-order valence-electron chi connectivity index (χ4n) is 1.58. The Morgan fingerprint density at radius 3 is 2.78 bits per heavy atom. The normalized spacial score (nSPS) is 11.9. The molecule has 1 rings (SSSR count). The van der Waals surface area contributed by atoms with E-state index in [0.29, 0.717) is 24.4 Å². The highest BCUT2D eigenvalue weighted by Crippen LogP contribution is 2.25. The average molecular weight is 254 g/mol. The largest absolute Gasteiger partial charge is 0.496 e. The van der Waals surface area contributed by atoms with Crippen LogP contribution in [0.15, 0.2) is 18.2 Å². The van der Waals surface area contributed by atoms with Crippen molar-refractivity contribution in [2.24, 2.45) is 0 Å². The minimum absolute atomic E-state index is 0.0400. The highest BCUT2D eigenvalue weighted by atomic mass is 16.6. The van der Waals surface area contributed by atoms with E-state index in [-0.39, 0.29) is 5.69 Å². The molecule has 0 aliphatic carbocycles. The number of aliphatic hydroxyl groups is 1. The van der Waals surface area contributed by atoms with Gasteiger partial charge in [0.15, 0.2) is 0 Å². The summed E-state index contributed by atoms with van der Waals surface area (Å²) >= 11 is 0. The number of nitro groups is 1. The molecule has 1 aromatic carbocycles. The molecule has 0 aliphatic rings. The monoisotopic (exact) mass is 254 g/mol. The number of nitrogens with zero attached hydrogens (tertiary/aromatic N) is 1. The summed E-state index contributed by atoms with van der Waals surface area (Å²) in [7, 11) is 1.45. The van der Waals surface area contributed by atoms with Gasteiger partial charge in [-0.3, -0.25) is 10.1 Å². The summed E-state index contributed by atoms with van der Waals surface area (Å²) in [5, 5.41) is 23.3. The van der Waals surface area contributed by atoms with E-state index in [1.807, 2.05) is 6.92 Å². The molecule has 0 bridgehead atoms. The van der Waals surface area contributed by atoms with Crippen LogP contribution in [0.5, 0.6) is 5.75 Å². The standard InChI is InChI=1S/C12H18N2O4/c1-3-4-11(15)8-13-9-5-10(14(16)17)7-12(6-9)18-2/h5-7,11,13,15H,3-4,8H2,1-2H3. The van der Waals surface area contributed by atoms with Gasteiger partial charge in [0, 0.05) is 24.4 Å². The molecule has 2 N–H and O–H groups in total. The van der Waals surface area contributed by atoms with E-state index < -0.39 is 11.0 Å². The van der Waals surface area contributed by atoms with Crippen molar-refractivity contribution < 1.29 is 14.8 Å². The number of methoxy groups -OCH3 is 1. The Morgan fingerprint density at radius 1 is 1.50 bits per heavy atom. The number of hydrogen-bond acceptors (Lipinski definition) is 5. The molecule has 0 saturated carbocycles. The molecule has 0 amide bonds. The van der Waals surface area contributed by atoms with Crippen LogP contribution in [0.25, 0.3) is 0 Å². The number of aliphatic hydroxyl groups excluding tert-OH is 1. The second-order valence-electron chi connectivity index (χ2n) is 4.00. The first-order valence-electron chi connectivity index (χ1n) is 5.82. The SMILES string of the molecule is CCCC(O)CNc1cc(OC)cc([N+](=O)[O-])c1. The summed E-state index contributed by atoms with van der Waals surface area (Å²) in [4.78, 5) is 10.3. The van der Waals surface area contributed by atoms with Crippen LogP contribution in [0.1, 0.15) is 19.8 Å². The van der Waals surface area contributed by atoms with Gasteiger partial charge in [-0.2, -0.15) is 0 Å². The lowest BCUT2D eigenvalue weighted by Gasteiger charge is -2.12. The van der Waals surface area contributed by atoms with Gasteiger partial charge >= 0.3 is 0 Å². The van der Waals surface area contributed by atoms with Crippen LogP contribution in [0.3, 0.4) is 0 Å². The van der Waals surface area contributed by atoms with Gasteiger partial charge in [0.05, 0.1) is 24.2 Å². The maximum Gasteiger partial charge on any atom is 0.275 e. The number of rotatable bonds is 7. The van der Waals surface area contributed by atoms with Crippen molar-refractivity contribution >= 4 is 11.4 Å². The second kappa shape index (κ2) is 6.80. The Labute approximate surface area is 106 Å². The number of nitro benzene ring substituents is 1. The predicted octanol–water partition coefficient (Wildman–Crippen LogP) is 2.18. The van der Waals surface area contributed by atoms with Crippen molar-refractivity contribution in [3.63, 3.8) is 0 Å². The van der Waals surface area contributed by atoms with E-state index in [1.54, 1.807) is 6.07 Å². The van der Waals surface area contributed by atoms with Crippen LogP contribution in [-0.2, 0) is 0 Å².